The average molecular weight is 397 g/mol. The zero-order chi connectivity index (χ0) is 20.4. The van der Waals surface area contributed by atoms with Crippen molar-refractivity contribution in [2.24, 2.45) is 40.9 Å². The number of allylic oxidation sites excluding steroid dienone is 1. The predicted molar refractivity (Wildman–Crippen MR) is 117 cm³/mol. The van der Waals surface area contributed by atoms with E-state index in [1.165, 1.54) is 50.5 Å². The quantitative estimate of drug-likeness (QED) is 0.659. The first-order valence-electron chi connectivity index (χ1n) is 12.2. The second kappa shape index (κ2) is 6.97. The molecule has 1 aromatic rings. The highest BCUT2D eigenvalue weighted by atomic mass is 16.3. The van der Waals surface area contributed by atoms with E-state index in [4.69, 9.17) is 0 Å². The molecule has 5 rings (SSSR count). The van der Waals surface area contributed by atoms with Gasteiger partial charge in [-0.1, -0.05) is 19.1 Å². The minimum absolute atomic E-state index is 0.405. The van der Waals surface area contributed by atoms with E-state index in [0.717, 1.165) is 54.7 Å². The molecule has 8 atom stereocenters. The zero-order valence-electron chi connectivity index (χ0n) is 18.7. The van der Waals surface area contributed by atoms with E-state index < -0.39 is 5.60 Å². The summed E-state index contributed by atoms with van der Waals surface area (Å²) in [6, 6.07) is 2.09. The van der Waals surface area contributed by atoms with Crippen molar-refractivity contribution in [3.63, 3.8) is 0 Å². The molecule has 4 saturated carbocycles. The second-order valence-corrected chi connectivity index (χ2v) is 11.7. The summed E-state index contributed by atoms with van der Waals surface area (Å²) in [5, 5.41) is 15.2. The average Bonchev–Trinajstić information content (AvgIpc) is 3.22. The summed E-state index contributed by atoms with van der Waals surface area (Å²) in [6.07, 6.45) is 13.7. The van der Waals surface area contributed by atoms with Crippen LogP contribution in [0.15, 0.2) is 24.4 Å². The van der Waals surface area contributed by atoms with E-state index in [1.807, 2.05) is 0 Å². The van der Waals surface area contributed by atoms with Crippen molar-refractivity contribution >= 4 is 0 Å². The molecule has 160 valence electrons. The van der Waals surface area contributed by atoms with Crippen LogP contribution in [0.2, 0.25) is 0 Å². The van der Waals surface area contributed by atoms with Gasteiger partial charge in [0.1, 0.15) is 0 Å². The van der Waals surface area contributed by atoms with E-state index in [2.05, 4.69) is 49.4 Å². The molecule has 0 amide bonds. The number of hydrogen-bond donors (Lipinski definition) is 1. The molecular weight excluding hydrogens is 356 g/mol. The lowest BCUT2D eigenvalue weighted by Gasteiger charge is -2.57. The van der Waals surface area contributed by atoms with Gasteiger partial charge in [-0.3, -0.25) is 4.68 Å². The van der Waals surface area contributed by atoms with Gasteiger partial charge < -0.3 is 5.11 Å². The molecule has 4 aliphatic rings. The van der Waals surface area contributed by atoms with Crippen LogP contribution in [-0.2, 0) is 6.54 Å². The van der Waals surface area contributed by atoms with Gasteiger partial charge in [0, 0.05) is 6.20 Å². The Morgan fingerprint density at radius 1 is 1.10 bits per heavy atom. The van der Waals surface area contributed by atoms with Crippen molar-refractivity contribution in [2.75, 3.05) is 0 Å². The van der Waals surface area contributed by atoms with Crippen LogP contribution in [0.25, 0.3) is 0 Å². The molecule has 0 radical (unpaired) electrons. The zero-order valence-corrected chi connectivity index (χ0v) is 18.7. The Morgan fingerprint density at radius 3 is 2.66 bits per heavy atom. The van der Waals surface area contributed by atoms with Gasteiger partial charge in [0.25, 0.3) is 0 Å². The molecule has 1 aromatic heterocycles. The minimum Gasteiger partial charge on any atom is -0.390 e. The third kappa shape index (κ3) is 3.32. The summed E-state index contributed by atoms with van der Waals surface area (Å²) >= 11 is 0. The maximum absolute atomic E-state index is 10.6. The Kier molecular flexibility index (Phi) is 4.77. The van der Waals surface area contributed by atoms with Gasteiger partial charge in [-0.05, 0) is 119 Å². The molecule has 4 fully saturated rings. The van der Waals surface area contributed by atoms with Crippen LogP contribution in [-0.4, -0.2) is 20.5 Å². The third-order valence-corrected chi connectivity index (χ3v) is 9.87. The molecule has 3 heteroatoms. The van der Waals surface area contributed by atoms with Gasteiger partial charge in [0.2, 0.25) is 0 Å². The summed E-state index contributed by atoms with van der Waals surface area (Å²) in [5.41, 5.74) is 2.53. The van der Waals surface area contributed by atoms with Crippen molar-refractivity contribution in [3.8, 4) is 0 Å². The fraction of sp³-hybridized carbons (Fsp3) is 0.808. The molecule has 1 heterocycles. The van der Waals surface area contributed by atoms with Crippen molar-refractivity contribution < 1.29 is 5.11 Å². The lowest BCUT2D eigenvalue weighted by molar-refractivity contribution is -0.0979. The Bertz CT molecular complexity index is 779. The summed E-state index contributed by atoms with van der Waals surface area (Å²) in [7, 11) is 0. The van der Waals surface area contributed by atoms with Crippen molar-refractivity contribution in [1.29, 1.82) is 0 Å². The third-order valence-electron chi connectivity index (χ3n) is 9.87. The molecule has 0 unspecified atom stereocenters. The number of fused-ring (bicyclic) bond motifs is 5. The Labute approximate surface area is 177 Å². The fourth-order valence-corrected chi connectivity index (χ4v) is 8.62. The van der Waals surface area contributed by atoms with Crippen LogP contribution >= 0.6 is 0 Å². The predicted octanol–water partition coefficient (Wildman–Crippen LogP) is 5.77. The number of aryl methyl sites for hydroxylation is 1. The monoisotopic (exact) mass is 396 g/mol. The molecule has 0 aromatic carbocycles. The van der Waals surface area contributed by atoms with Crippen LogP contribution in [0.1, 0.15) is 77.3 Å². The van der Waals surface area contributed by atoms with Gasteiger partial charge in [0.15, 0.2) is 0 Å². The molecule has 1 N–H and O–H groups in total. The Hall–Kier alpha value is -1.09. The lowest BCUT2D eigenvalue weighted by Crippen LogP contribution is -2.50. The van der Waals surface area contributed by atoms with Crippen molar-refractivity contribution in [3.05, 3.63) is 30.1 Å². The van der Waals surface area contributed by atoms with Crippen molar-refractivity contribution in [2.45, 2.75) is 90.7 Å². The van der Waals surface area contributed by atoms with Gasteiger partial charge in [-0.25, -0.2) is 0 Å². The topological polar surface area (TPSA) is 38.0 Å². The Morgan fingerprint density at radius 2 is 1.90 bits per heavy atom. The first-order valence-corrected chi connectivity index (χ1v) is 12.2. The molecule has 0 bridgehead atoms. The normalized spacial score (nSPS) is 46.6. The first kappa shape index (κ1) is 19.8. The highest BCUT2D eigenvalue weighted by molar-refractivity contribution is 5.16. The number of rotatable bonds is 3. The number of nitrogens with zero attached hydrogens (tertiary/aromatic N) is 2. The SMILES string of the molecule is C=C(Cn1ccc(C)n1)[C@H]1CC[C@H]2[C@@H]3CC[C@@H]4C[C@](C)(O)CC[C@@H]4[C@H]3CC[C@]12C. The summed E-state index contributed by atoms with van der Waals surface area (Å²) in [6.45, 7) is 12.2. The smallest absolute Gasteiger partial charge is 0.0622 e. The van der Waals surface area contributed by atoms with Gasteiger partial charge in [-0.2, -0.15) is 5.10 Å². The van der Waals surface area contributed by atoms with Crippen molar-refractivity contribution in [1.82, 2.24) is 9.78 Å². The van der Waals surface area contributed by atoms with Crippen LogP contribution in [0.4, 0.5) is 0 Å². The van der Waals surface area contributed by atoms with Crippen LogP contribution in [0, 0.1) is 47.8 Å². The highest BCUT2D eigenvalue weighted by Crippen LogP contribution is 2.65. The maximum atomic E-state index is 10.6. The molecule has 0 saturated heterocycles. The van der Waals surface area contributed by atoms with Crippen LogP contribution in [0.3, 0.4) is 0 Å². The molecule has 3 nitrogen and oxygen atoms in total. The number of aliphatic hydroxyl groups is 1. The van der Waals surface area contributed by atoms with E-state index in [0.29, 0.717) is 11.3 Å². The number of aromatic nitrogens is 2. The molecule has 0 aliphatic heterocycles. The number of hydrogen-bond acceptors (Lipinski definition) is 2. The molecule has 29 heavy (non-hydrogen) atoms. The molecule has 0 spiro atoms. The van der Waals surface area contributed by atoms with Gasteiger partial charge in [0.05, 0.1) is 17.8 Å². The van der Waals surface area contributed by atoms with Crippen LogP contribution in [0.5, 0.6) is 0 Å². The van der Waals surface area contributed by atoms with Gasteiger partial charge >= 0.3 is 0 Å². The second-order valence-electron chi connectivity index (χ2n) is 11.7. The largest absolute Gasteiger partial charge is 0.390 e. The van der Waals surface area contributed by atoms with E-state index in [-0.39, 0.29) is 0 Å². The van der Waals surface area contributed by atoms with E-state index in [9.17, 15) is 5.11 Å². The van der Waals surface area contributed by atoms with Gasteiger partial charge in [-0.15, -0.1) is 0 Å². The first-order chi connectivity index (χ1) is 13.8. The Balaban J connectivity index is 1.31. The molecular formula is C26H40N2O. The van der Waals surface area contributed by atoms with E-state index >= 15 is 0 Å². The summed E-state index contributed by atoms with van der Waals surface area (Å²) in [5.74, 6) is 5.03. The standard InChI is InChI=1S/C26H40N2O/c1-17(16-28-14-11-18(2)27-28)23-7-8-24-22-6-5-19-15-25(3,29)12-9-20(19)21(22)10-13-26(23,24)4/h11,14,19-24,29H,1,5-10,12-13,15-16H2,2-4H3/t19-,20+,21-,22-,23-,24+,25-,26-/m1/s1. The maximum Gasteiger partial charge on any atom is 0.0622 e. The fourth-order valence-electron chi connectivity index (χ4n) is 8.62. The highest BCUT2D eigenvalue weighted by Gasteiger charge is 2.57. The summed E-state index contributed by atoms with van der Waals surface area (Å²) in [4.78, 5) is 0. The lowest BCUT2D eigenvalue weighted by atomic mass is 9.49. The minimum atomic E-state index is -0.405. The van der Waals surface area contributed by atoms with Crippen LogP contribution < -0.4 is 0 Å². The van der Waals surface area contributed by atoms with E-state index in [1.54, 1.807) is 0 Å². The summed E-state index contributed by atoms with van der Waals surface area (Å²) < 4.78 is 2.08. The molecule has 4 aliphatic carbocycles.